The first kappa shape index (κ1) is 14.1. The van der Waals surface area contributed by atoms with E-state index in [1.165, 1.54) is 0 Å². The van der Waals surface area contributed by atoms with Crippen LogP contribution in [0, 0.1) is 23.7 Å². The summed E-state index contributed by atoms with van der Waals surface area (Å²) in [5.74, 6) is -0.655. The van der Waals surface area contributed by atoms with Crippen molar-refractivity contribution in [3.63, 3.8) is 0 Å². The fourth-order valence-electron chi connectivity index (χ4n) is 4.09. The van der Waals surface area contributed by atoms with Crippen LogP contribution in [0.2, 0.25) is 0 Å². The molecule has 2 aliphatic carbocycles. The van der Waals surface area contributed by atoms with Gasteiger partial charge in [-0.2, -0.15) is 0 Å². The van der Waals surface area contributed by atoms with E-state index in [1.54, 1.807) is 31.3 Å². The Morgan fingerprint density at radius 2 is 1.87 bits per heavy atom. The van der Waals surface area contributed by atoms with E-state index in [9.17, 15) is 14.4 Å². The first-order chi connectivity index (χ1) is 11.1. The summed E-state index contributed by atoms with van der Waals surface area (Å²) < 4.78 is 0. The molecule has 2 bridgehead atoms. The van der Waals surface area contributed by atoms with Crippen LogP contribution in [0.15, 0.2) is 36.5 Å². The average Bonchev–Trinajstić information content (AvgIpc) is 3.22. The molecule has 1 N–H and O–H groups in total. The van der Waals surface area contributed by atoms with Crippen molar-refractivity contribution in [2.45, 2.75) is 19.4 Å². The highest BCUT2D eigenvalue weighted by atomic mass is 16.2. The second-order valence-corrected chi connectivity index (χ2v) is 6.43. The van der Waals surface area contributed by atoms with Gasteiger partial charge in [0.25, 0.3) is 0 Å². The lowest BCUT2D eigenvalue weighted by atomic mass is 9.85. The van der Waals surface area contributed by atoms with Gasteiger partial charge in [0.15, 0.2) is 0 Å². The molecule has 3 amide bonds. The van der Waals surface area contributed by atoms with Crippen LogP contribution in [-0.4, -0.2) is 33.6 Å². The number of imide groups is 1. The zero-order valence-electron chi connectivity index (χ0n) is 12.7. The van der Waals surface area contributed by atoms with Crippen LogP contribution < -0.4 is 5.32 Å². The van der Waals surface area contributed by atoms with Crippen LogP contribution in [0.1, 0.15) is 13.3 Å². The van der Waals surface area contributed by atoms with Crippen LogP contribution in [0.25, 0.3) is 0 Å². The molecular weight excluding hydrogens is 294 g/mol. The molecule has 0 radical (unpaired) electrons. The predicted molar refractivity (Wildman–Crippen MR) is 81.9 cm³/mol. The molecule has 0 spiro atoms. The number of carbonyl (C=O) groups excluding carboxylic acids is 3. The van der Waals surface area contributed by atoms with Gasteiger partial charge in [-0.25, -0.2) is 4.98 Å². The number of amides is 3. The van der Waals surface area contributed by atoms with E-state index in [1.807, 2.05) is 12.2 Å². The summed E-state index contributed by atoms with van der Waals surface area (Å²) in [6.07, 6.45) is 6.54. The van der Waals surface area contributed by atoms with Gasteiger partial charge in [0.05, 0.1) is 11.8 Å². The van der Waals surface area contributed by atoms with E-state index in [0.29, 0.717) is 5.82 Å². The molecule has 1 aliphatic heterocycles. The second-order valence-electron chi connectivity index (χ2n) is 6.43. The van der Waals surface area contributed by atoms with Crippen LogP contribution in [0.4, 0.5) is 5.82 Å². The minimum Gasteiger partial charge on any atom is -0.309 e. The molecule has 0 aromatic carbocycles. The Kier molecular flexibility index (Phi) is 3.07. The van der Waals surface area contributed by atoms with Crippen molar-refractivity contribution in [1.29, 1.82) is 0 Å². The molecule has 6 heteroatoms. The zero-order chi connectivity index (χ0) is 16.1. The third-order valence-corrected chi connectivity index (χ3v) is 5.19. The number of fused-ring (bicyclic) bond motifs is 5. The Morgan fingerprint density at radius 3 is 2.43 bits per heavy atom. The van der Waals surface area contributed by atoms with Crippen molar-refractivity contribution in [2.24, 2.45) is 23.7 Å². The quantitative estimate of drug-likeness (QED) is 0.672. The minimum absolute atomic E-state index is 0.150. The number of rotatable bonds is 3. The molecule has 1 saturated heterocycles. The van der Waals surface area contributed by atoms with E-state index in [-0.39, 0.29) is 35.5 Å². The van der Waals surface area contributed by atoms with Crippen molar-refractivity contribution < 1.29 is 14.4 Å². The third kappa shape index (κ3) is 2.01. The number of pyridine rings is 1. The third-order valence-electron chi connectivity index (χ3n) is 5.19. The fourth-order valence-corrected chi connectivity index (χ4v) is 4.09. The van der Waals surface area contributed by atoms with Crippen molar-refractivity contribution in [3.8, 4) is 0 Å². The molecule has 1 aromatic heterocycles. The van der Waals surface area contributed by atoms with Crippen LogP contribution in [0.5, 0.6) is 0 Å². The van der Waals surface area contributed by atoms with E-state index in [2.05, 4.69) is 10.3 Å². The van der Waals surface area contributed by atoms with E-state index >= 15 is 0 Å². The van der Waals surface area contributed by atoms with Gasteiger partial charge >= 0.3 is 0 Å². The Balaban J connectivity index is 1.53. The molecule has 23 heavy (non-hydrogen) atoms. The molecule has 0 unspecified atom stereocenters. The molecule has 2 fully saturated rings. The number of nitrogens with zero attached hydrogens (tertiary/aromatic N) is 2. The highest BCUT2D eigenvalue weighted by Gasteiger charge is 2.60. The van der Waals surface area contributed by atoms with Gasteiger partial charge in [-0.3, -0.25) is 19.3 Å². The highest BCUT2D eigenvalue weighted by molar-refractivity contribution is 6.10. The Bertz CT molecular complexity index is 685. The molecule has 4 rings (SSSR count). The topological polar surface area (TPSA) is 79.4 Å². The lowest BCUT2D eigenvalue weighted by molar-refractivity contribution is -0.146. The zero-order valence-corrected chi connectivity index (χ0v) is 12.7. The SMILES string of the molecule is C[C@H](C(=O)Nc1ccccn1)N1C(=O)[C@H]2[C@H](C1=O)[C@H]1C=C[C@H]2C1. The maximum atomic E-state index is 12.7. The summed E-state index contributed by atoms with van der Waals surface area (Å²) in [5.41, 5.74) is 0. The van der Waals surface area contributed by atoms with E-state index < -0.39 is 11.9 Å². The van der Waals surface area contributed by atoms with Crippen molar-refractivity contribution >= 4 is 23.5 Å². The Labute approximate surface area is 133 Å². The first-order valence-electron chi connectivity index (χ1n) is 7.85. The maximum Gasteiger partial charge on any atom is 0.248 e. The van der Waals surface area contributed by atoms with Crippen LogP contribution in [-0.2, 0) is 14.4 Å². The molecule has 2 heterocycles. The van der Waals surface area contributed by atoms with Gasteiger partial charge in [0.1, 0.15) is 11.9 Å². The highest BCUT2D eigenvalue weighted by Crippen LogP contribution is 2.52. The largest absolute Gasteiger partial charge is 0.309 e. The summed E-state index contributed by atoms with van der Waals surface area (Å²) in [6, 6.07) is 4.34. The van der Waals surface area contributed by atoms with E-state index in [4.69, 9.17) is 0 Å². The van der Waals surface area contributed by atoms with Gasteiger partial charge in [0.2, 0.25) is 17.7 Å². The standard InChI is InChI=1S/C17H17N3O3/c1-9(15(21)19-12-4-2-3-7-18-12)20-16(22)13-10-5-6-11(8-10)14(13)17(20)23/h2-7,9-11,13-14H,8H2,1H3,(H,18,19,21)/t9-,10+,11+,13-,14-/m1/s1. The van der Waals surface area contributed by atoms with Crippen molar-refractivity contribution in [2.75, 3.05) is 5.32 Å². The lowest BCUT2D eigenvalue weighted by Gasteiger charge is -2.23. The Morgan fingerprint density at radius 1 is 1.22 bits per heavy atom. The summed E-state index contributed by atoms with van der Waals surface area (Å²) in [6.45, 7) is 1.59. The molecule has 6 nitrogen and oxygen atoms in total. The van der Waals surface area contributed by atoms with Gasteiger partial charge in [-0.15, -0.1) is 0 Å². The molecule has 1 saturated carbocycles. The molecule has 5 atom stereocenters. The predicted octanol–water partition coefficient (Wildman–Crippen LogP) is 1.22. The van der Waals surface area contributed by atoms with Crippen molar-refractivity contribution in [3.05, 3.63) is 36.5 Å². The maximum absolute atomic E-state index is 12.7. The number of carbonyl (C=O) groups is 3. The lowest BCUT2D eigenvalue weighted by Crippen LogP contribution is -2.46. The van der Waals surface area contributed by atoms with Gasteiger partial charge in [-0.1, -0.05) is 18.2 Å². The van der Waals surface area contributed by atoms with Gasteiger partial charge in [0, 0.05) is 6.20 Å². The van der Waals surface area contributed by atoms with Gasteiger partial charge < -0.3 is 5.32 Å². The normalized spacial score (nSPS) is 32.3. The fraction of sp³-hybridized carbons (Fsp3) is 0.412. The number of anilines is 1. The van der Waals surface area contributed by atoms with Crippen LogP contribution >= 0.6 is 0 Å². The first-order valence-corrected chi connectivity index (χ1v) is 7.85. The number of likely N-dealkylation sites (tertiary alicyclic amines) is 1. The monoisotopic (exact) mass is 311 g/mol. The number of hydrogen-bond acceptors (Lipinski definition) is 4. The number of hydrogen-bond donors (Lipinski definition) is 1. The molecular formula is C17H17N3O3. The van der Waals surface area contributed by atoms with E-state index in [0.717, 1.165) is 11.3 Å². The smallest absolute Gasteiger partial charge is 0.248 e. The van der Waals surface area contributed by atoms with Gasteiger partial charge in [-0.05, 0) is 37.3 Å². The average molecular weight is 311 g/mol. The number of nitrogens with one attached hydrogen (secondary N) is 1. The second kappa shape index (κ2) is 5.01. The summed E-state index contributed by atoms with van der Waals surface area (Å²) in [7, 11) is 0. The Hall–Kier alpha value is -2.50. The number of allylic oxidation sites excluding steroid dienone is 2. The molecule has 3 aliphatic rings. The number of aromatic nitrogens is 1. The summed E-state index contributed by atoms with van der Waals surface area (Å²) in [4.78, 5) is 42.9. The summed E-state index contributed by atoms with van der Waals surface area (Å²) >= 11 is 0. The molecule has 118 valence electrons. The van der Waals surface area contributed by atoms with Crippen molar-refractivity contribution in [1.82, 2.24) is 9.88 Å². The summed E-state index contributed by atoms with van der Waals surface area (Å²) in [5, 5.41) is 2.65. The van der Waals surface area contributed by atoms with Crippen LogP contribution in [0.3, 0.4) is 0 Å². The minimum atomic E-state index is -0.831. The molecule has 1 aromatic rings.